The fraction of sp³-hybridized carbons (Fsp3) is 0.111. The van der Waals surface area contributed by atoms with Crippen LogP contribution < -0.4 is 0 Å². The van der Waals surface area contributed by atoms with E-state index in [9.17, 15) is 0 Å². The van der Waals surface area contributed by atoms with Crippen LogP contribution in [0, 0.1) is 9.65 Å². The molecule has 0 N–H and O–H groups in total. The van der Waals surface area contributed by atoms with Crippen molar-refractivity contribution in [3.05, 3.63) is 45.2 Å². The Balaban J connectivity index is 2.54. The van der Waals surface area contributed by atoms with Crippen LogP contribution in [0.5, 0.6) is 0 Å². The maximum Gasteiger partial charge on any atom is 0.113 e. The standard InChI is InChI=1S/C9H6IO/c10-9-2-1-8-6-11-4-3-7(8)5-9/h1-2,4-5H,6H2. The van der Waals surface area contributed by atoms with E-state index in [4.69, 9.17) is 4.74 Å². The number of hydrogen-bond acceptors (Lipinski definition) is 1. The molecule has 1 aliphatic rings. The van der Waals surface area contributed by atoms with Gasteiger partial charge in [0.1, 0.15) is 6.61 Å². The van der Waals surface area contributed by atoms with Gasteiger partial charge in [-0.1, -0.05) is 6.07 Å². The fourth-order valence-corrected chi connectivity index (χ4v) is 1.54. The van der Waals surface area contributed by atoms with Gasteiger partial charge in [0.15, 0.2) is 0 Å². The van der Waals surface area contributed by atoms with Crippen molar-refractivity contribution in [1.29, 1.82) is 0 Å². The molecule has 0 bridgehead atoms. The van der Waals surface area contributed by atoms with E-state index in [1.807, 2.05) is 0 Å². The van der Waals surface area contributed by atoms with Crippen molar-refractivity contribution in [3.63, 3.8) is 0 Å². The van der Waals surface area contributed by atoms with Gasteiger partial charge in [-0.15, -0.1) is 0 Å². The lowest BCUT2D eigenvalue weighted by molar-refractivity contribution is 0.228. The first-order valence-corrected chi connectivity index (χ1v) is 4.42. The Morgan fingerprint density at radius 2 is 2.36 bits per heavy atom. The molecule has 55 valence electrons. The Kier molecular flexibility index (Phi) is 1.85. The smallest absolute Gasteiger partial charge is 0.113 e. The number of rotatable bonds is 0. The van der Waals surface area contributed by atoms with Crippen molar-refractivity contribution in [3.8, 4) is 0 Å². The summed E-state index contributed by atoms with van der Waals surface area (Å²) in [6.07, 6.45) is 4.67. The summed E-state index contributed by atoms with van der Waals surface area (Å²) >= 11 is 2.29. The molecule has 0 unspecified atom stereocenters. The van der Waals surface area contributed by atoms with Crippen LogP contribution in [0.4, 0.5) is 0 Å². The number of ether oxygens (including phenoxy) is 1. The van der Waals surface area contributed by atoms with E-state index in [2.05, 4.69) is 46.9 Å². The monoisotopic (exact) mass is 257 g/mol. The Labute approximate surface area is 79.2 Å². The lowest BCUT2D eigenvalue weighted by Gasteiger charge is -2.10. The average molecular weight is 257 g/mol. The Morgan fingerprint density at radius 3 is 3.27 bits per heavy atom. The molecule has 0 amide bonds. The third kappa shape index (κ3) is 1.40. The molecular formula is C9H6IO. The fourth-order valence-electron chi connectivity index (χ4n) is 1.05. The molecule has 1 nitrogen and oxygen atoms in total. The van der Waals surface area contributed by atoms with Gasteiger partial charge in [-0.05, 0) is 45.9 Å². The maximum absolute atomic E-state index is 5.10. The van der Waals surface area contributed by atoms with Crippen molar-refractivity contribution in [2.75, 3.05) is 0 Å². The molecule has 0 saturated carbocycles. The Hall–Kier alpha value is -0.510. The Bertz CT molecular complexity index is 304. The third-order valence-electron chi connectivity index (χ3n) is 1.61. The molecule has 0 fully saturated rings. The minimum Gasteiger partial charge on any atom is -0.496 e. The first-order valence-electron chi connectivity index (χ1n) is 3.34. The van der Waals surface area contributed by atoms with Gasteiger partial charge in [-0.25, -0.2) is 0 Å². The normalized spacial score (nSPS) is 13.9. The number of halogens is 1. The van der Waals surface area contributed by atoms with Gasteiger partial charge in [-0.3, -0.25) is 0 Å². The van der Waals surface area contributed by atoms with Crippen LogP contribution in [-0.4, -0.2) is 0 Å². The molecule has 1 aliphatic heterocycles. The van der Waals surface area contributed by atoms with E-state index in [1.165, 1.54) is 9.13 Å². The van der Waals surface area contributed by atoms with Gasteiger partial charge in [0.2, 0.25) is 0 Å². The van der Waals surface area contributed by atoms with Gasteiger partial charge in [0.05, 0.1) is 6.26 Å². The highest BCUT2D eigenvalue weighted by molar-refractivity contribution is 14.1. The van der Waals surface area contributed by atoms with Crippen LogP contribution in [0.25, 0.3) is 0 Å². The van der Waals surface area contributed by atoms with Crippen molar-refractivity contribution < 1.29 is 4.74 Å². The van der Waals surface area contributed by atoms with Gasteiger partial charge in [0, 0.05) is 9.65 Å². The molecule has 1 aromatic carbocycles. The van der Waals surface area contributed by atoms with E-state index in [1.54, 1.807) is 6.26 Å². The molecule has 0 spiro atoms. The first-order chi connectivity index (χ1) is 5.36. The molecule has 0 atom stereocenters. The summed E-state index contributed by atoms with van der Waals surface area (Å²) in [5.41, 5.74) is 2.37. The second-order valence-corrected chi connectivity index (χ2v) is 3.62. The highest BCUT2D eigenvalue weighted by atomic mass is 127. The quantitative estimate of drug-likeness (QED) is 0.649. The van der Waals surface area contributed by atoms with E-state index >= 15 is 0 Å². The van der Waals surface area contributed by atoms with E-state index in [0.717, 1.165) is 5.56 Å². The second kappa shape index (κ2) is 2.85. The van der Waals surface area contributed by atoms with E-state index in [-0.39, 0.29) is 0 Å². The highest BCUT2D eigenvalue weighted by Crippen LogP contribution is 2.17. The third-order valence-corrected chi connectivity index (χ3v) is 2.28. The predicted molar refractivity (Wildman–Crippen MR) is 50.9 cm³/mol. The number of fused-ring (bicyclic) bond motifs is 1. The largest absolute Gasteiger partial charge is 0.496 e. The molecule has 11 heavy (non-hydrogen) atoms. The van der Waals surface area contributed by atoms with Gasteiger partial charge < -0.3 is 4.74 Å². The lowest BCUT2D eigenvalue weighted by atomic mass is 10.1. The van der Waals surface area contributed by atoms with Gasteiger partial charge >= 0.3 is 0 Å². The van der Waals surface area contributed by atoms with Crippen LogP contribution in [0.3, 0.4) is 0 Å². The predicted octanol–water partition coefficient (Wildman–Crippen LogP) is 2.49. The van der Waals surface area contributed by atoms with Crippen LogP contribution in [0.2, 0.25) is 0 Å². The summed E-state index contributed by atoms with van der Waals surface area (Å²) in [4.78, 5) is 0. The van der Waals surface area contributed by atoms with Crippen LogP contribution in [-0.2, 0) is 11.3 Å². The molecule has 0 aliphatic carbocycles. The molecule has 1 heterocycles. The molecule has 2 rings (SSSR count). The zero-order chi connectivity index (χ0) is 7.68. The van der Waals surface area contributed by atoms with Crippen LogP contribution >= 0.6 is 22.6 Å². The minimum atomic E-state index is 0.680. The molecule has 0 saturated heterocycles. The van der Waals surface area contributed by atoms with Crippen molar-refractivity contribution in [2.24, 2.45) is 0 Å². The SMILES string of the molecule is Ic1ccc2c(c1)[C]=COC2. The second-order valence-electron chi connectivity index (χ2n) is 2.37. The van der Waals surface area contributed by atoms with Crippen LogP contribution in [0.15, 0.2) is 24.5 Å². The first kappa shape index (κ1) is 7.16. The molecule has 1 radical (unpaired) electrons. The molecule has 1 aromatic rings. The average Bonchev–Trinajstić information content (AvgIpc) is 2.04. The topological polar surface area (TPSA) is 9.23 Å². The van der Waals surface area contributed by atoms with Gasteiger partial charge in [0.25, 0.3) is 0 Å². The summed E-state index contributed by atoms with van der Waals surface area (Å²) in [5.74, 6) is 0. The van der Waals surface area contributed by atoms with E-state index in [0.29, 0.717) is 6.61 Å². The summed E-state index contributed by atoms with van der Waals surface area (Å²) in [6, 6.07) is 6.27. The summed E-state index contributed by atoms with van der Waals surface area (Å²) in [5, 5.41) is 0. The Morgan fingerprint density at radius 1 is 1.45 bits per heavy atom. The lowest BCUT2D eigenvalue weighted by Crippen LogP contribution is -1.97. The molecule has 2 heteroatoms. The highest BCUT2D eigenvalue weighted by Gasteiger charge is 2.04. The zero-order valence-electron chi connectivity index (χ0n) is 5.80. The number of hydrogen-bond donors (Lipinski definition) is 0. The van der Waals surface area contributed by atoms with Crippen LogP contribution in [0.1, 0.15) is 11.1 Å². The summed E-state index contributed by atoms with van der Waals surface area (Å²) < 4.78 is 6.34. The van der Waals surface area contributed by atoms with Crippen molar-refractivity contribution in [2.45, 2.75) is 6.61 Å². The molecule has 0 aromatic heterocycles. The molecular weight excluding hydrogens is 251 g/mol. The summed E-state index contributed by atoms with van der Waals surface area (Å²) in [6.45, 7) is 0.680. The van der Waals surface area contributed by atoms with Crippen molar-refractivity contribution in [1.82, 2.24) is 0 Å². The van der Waals surface area contributed by atoms with E-state index < -0.39 is 0 Å². The van der Waals surface area contributed by atoms with Gasteiger partial charge in [-0.2, -0.15) is 0 Å². The van der Waals surface area contributed by atoms with Crippen molar-refractivity contribution >= 4 is 22.6 Å². The maximum atomic E-state index is 5.10. The zero-order valence-corrected chi connectivity index (χ0v) is 7.96. The minimum absolute atomic E-state index is 0.680. The number of benzene rings is 1. The summed E-state index contributed by atoms with van der Waals surface area (Å²) in [7, 11) is 0.